The SMILES string of the molecule is COc1ccc(-c2cc(-c3ccccc3)[n+](Cc3ccccc3)c3c2CCc2ccccc2-3)cc1S(=O)(=O)O. The van der Waals surface area contributed by atoms with Crippen LogP contribution in [0.4, 0.5) is 0 Å². The van der Waals surface area contributed by atoms with Crippen molar-refractivity contribution in [3.8, 4) is 39.4 Å². The number of nitrogens with zero attached hydrogens (tertiary/aromatic N) is 1. The molecule has 0 amide bonds. The van der Waals surface area contributed by atoms with Crippen molar-refractivity contribution in [1.29, 1.82) is 0 Å². The molecular weight excluding hydrogens is 506 g/mol. The van der Waals surface area contributed by atoms with Gasteiger partial charge in [-0.3, -0.25) is 4.55 Å². The first kappa shape index (κ1) is 25.0. The molecule has 1 heterocycles. The van der Waals surface area contributed by atoms with E-state index in [1.165, 1.54) is 29.9 Å². The first-order chi connectivity index (χ1) is 18.9. The molecule has 0 bridgehead atoms. The normalized spacial score (nSPS) is 12.5. The molecule has 5 nitrogen and oxygen atoms in total. The number of aryl methyl sites for hydroxylation is 1. The van der Waals surface area contributed by atoms with Crippen LogP contribution in [0, 0.1) is 0 Å². The lowest BCUT2D eigenvalue weighted by atomic mass is 9.83. The number of pyridine rings is 1. The Morgan fingerprint density at radius 1 is 0.769 bits per heavy atom. The zero-order valence-corrected chi connectivity index (χ0v) is 22.4. The smallest absolute Gasteiger partial charge is 0.298 e. The summed E-state index contributed by atoms with van der Waals surface area (Å²) in [5.74, 6) is 0.110. The summed E-state index contributed by atoms with van der Waals surface area (Å²) in [6, 6.07) is 36.3. The second kappa shape index (κ2) is 10.1. The van der Waals surface area contributed by atoms with Crippen LogP contribution < -0.4 is 9.30 Å². The summed E-state index contributed by atoms with van der Waals surface area (Å²) in [7, 11) is -3.09. The van der Waals surface area contributed by atoms with Crippen molar-refractivity contribution >= 4 is 10.1 Å². The minimum Gasteiger partial charge on any atom is -0.495 e. The van der Waals surface area contributed by atoms with Crippen molar-refractivity contribution in [3.63, 3.8) is 0 Å². The Morgan fingerprint density at radius 2 is 1.46 bits per heavy atom. The standard InChI is InChI=1S/C33H27NO4S/c1-38-31-19-17-26(20-32(31)39(35,36)37)29-21-30(25-13-6-3-7-14-25)34(22-23-10-4-2-5-11-23)33-27-15-9-8-12-24(27)16-18-28(29)33/h2-15,17,19-21H,16,18,22H2,1H3/p+1. The Hall–Kier alpha value is -4.26. The molecule has 1 aliphatic rings. The Labute approximate surface area is 228 Å². The fourth-order valence-electron chi connectivity index (χ4n) is 5.58. The van der Waals surface area contributed by atoms with E-state index in [9.17, 15) is 13.0 Å². The van der Waals surface area contributed by atoms with Gasteiger partial charge in [-0.15, -0.1) is 0 Å². The van der Waals surface area contributed by atoms with Gasteiger partial charge in [0.25, 0.3) is 10.1 Å². The molecule has 1 N–H and O–H groups in total. The van der Waals surface area contributed by atoms with Gasteiger partial charge in [0.1, 0.15) is 10.6 Å². The van der Waals surface area contributed by atoms with Crippen molar-refractivity contribution in [3.05, 3.63) is 126 Å². The topological polar surface area (TPSA) is 67.5 Å². The maximum Gasteiger partial charge on any atom is 0.298 e. The Balaban J connectivity index is 1.70. The largest absolute Gasteiger partial charge is 0.495 e. The Morgan fingerprint density at radius 3 is 2.18 bits per heavy atom. The third kappa shape index (κ3) is 4.73. The highest BCUT2D eigenvalue weighted by atomic mass is 32.2. The van der Waals surface area contributed by atoms with Crippen LogP contribution in [0.2, 0.25) is 0 Å². The van der Waals surface area contributed by atoms with Crippen molar-refractivity contribution in [2.45, 2.75) is 24.3 Å². The summed E-state index contributed by atoms with van der Waals surface area (Å²) in [5.41, 5.74) is 9.66. The Bertz CT molecular complexity index is 1780. The molecule has 0 spiro atoms. The predicted molar refractivity (Wildman–Crippen MR) is 152 cm³/mol. The molecule has 0 fully saturated rings. The molecule has 6 heteroatoms. The van der Waals surface area contributed by atoms with Gasteiger partial charge in [0.2, 0.25) is 11.4 Å². The highest BCUT2D eigenvalue weighted by Crippen LogP contribution is 2.40. The summed E-state index contributed by atoms with van der Waals surface area (Å²) < 4.78 is 42.1. The molecule has 0 radical (unpaired) electrons. The van der Waals surface area contributed by atoms with Gasteiger partial charge >= 0.3 is 0 Å². The number of methoxy groups -OCH3 is 1. The van der Waals surface area contributed by atoms with Crippen molar-refractivity contribution in [2.75, 3.05) is 7.11 Å². The number of ether oxygens (including phenoxy) is 1. The monoisotopic (exact) mass is 534 g/mol. The minimum absolute atomic E-state index is 0.110. The van der Waals surface area contributed by atoms with Gasteiger partial charge in [-0.2, -0.15) is 13.0 Å². The van der Waals surface area contributed by atoms with Gasteiger partial charge in [0, 0.05) is 28.3 Å². The molecule has 1 aliphatic carbocycles. The third-order valence-electron chi connectivity index (χ3n) is 7.38. The average Bonchev–Trinajstić information content (AvgIpc) is 2.97. The number of hydrogen-bond acceptors (Lipinski definition) is 3. The molecule has 6 rings (SSSR count). The number of aromatic nitrogens is 1. The number of hydrogen-bond donors (Lipinski definition) is 1. The van der Waals surface area contributed by atoms with Crippen LogP contribution >= 0.6 is 0 Å². The van der Waals surface area contributed by atoms with Crippen molar-refractivity contribution in [2.24, 2.45) is 0 Å². The summed E-state index contributed by atoms with van der Waals surface area (Å²) in [5, 5.41) is 0. The molecule has 0 saturated heterocycles. The summed E-state index contributed by atoms with van der Waals surface area (Å²) in [6.45, 7) is 0.681. The lowest BCUT2D eigenvalue weighted by molar-refractivity contribution is -0.667. The molecular formula is C33H28NO4S+. The average molecular weight is 535 g/mol. The molecule has 0 aliphatic heterocycles. The molecule has 0 atom stereocenters. The van der Waals surface area contributed by atoms with Gasteiger partial charge in [-0.25, -0.2) is 0 Å². The summed E-state index contributed by atoms with van der Waals surface area (Å²) in [4.78, 5) is -0.241. The number of rotatable bonds is 6. The van der Waals surface area contributed by atoms with E-state index >= 15 is 0 Å². The van der Waals surface area contributed by atoms with Gasteiger partial charge in [0.15, 0.2) is 6.54 Å². The molecule has 5 aromatic rings. The molecule has 0 unspecified atom stereocenters. The van der Waals surface area contributed by atoms with Gasteiger partial charge in [-0.05, 0) is 59.9 Å². The van der Waals surface area contributed by atoms with Crippen LogP contribution in [-0.2, 0) is 29.5 Å². The van der Waals surface area contributed by atoms with Gasteiger partial charge < -0.3 is 4.74 Å². The van der Waals surface area contributed by atoms with E-state index in [-0.39, 0.29) is 10.6 Å². The first-order valence-electron chi connectivity index (χ1n) is 12.9. The van der Waals surface area contributed by atoms with Gasteiger partial charge in [0.05, 0.1) is 7.11 Å². The fourth-order valence-corrected chi connectivity index (χ4v) is 6.27. The highest BCUT2D eigenvalue weighted by molar-refractivity contribution is 7.86. The van der Waals surface area contributed by atoms with E-state index in [0.717, 1.165) is 40.9 Å². The van der Waals surface area contributed by atoms with Crippen LogP contribution in [0.25, 0.3) is 33.6 Å². The van der Waals surface area contributed by atoms with E-state index in [1.807, 2.05) is 30.3 Å². The zero-order chi connectivity index (χ0) is 27.0. The highest BCUT2D eigenvalue weighted by Gasteiger charge is 2.32. The second-order valence-electron chi connectivity index (χ2n) is 9.71. The van der Waals surface area contributed by atoms with E-state index in [4.69, 9.17) is 4.74 Å². The molecule has 1 aromatic heterocycles. The molecule has 0 saturated carbocycles. The quantitative estimate of drug-likeness (QED) is 0.203. The maximum absolute atomic E-state index is 12.3. The third-order valence-corrected chi connectivity index (χ3v) is 8.25. The summed E-state index contributed by atoms with van der Waals surface area (Å²) >= 11 is 0. The van der Waals surface area contributed by atoms with Crippen molar-refractivity contribution < 1.29 is 22.3 Å². The van der Waals surface area contributed by atoms with Gasteiger partial charge in [-0.1, -0.05) is 72.8 Å². The van der Waals surface area contributed by atoms with E-state index < -0.39 is 10.1 Å². The second-order valence-corrected chi connectivity index (χ2v) is 11.1. The lowest BCUT2D eigenvalue weighted by Crippen LogP contribution is -2.41. The molecule has 4 aromatic carbocycles. The zero-order valence-electron chi connectivity index (χ0n) is 21.5. The van der Waals surface area contributed by atoms with E-state index in [0.29, 0.717) is 12.1 Å². The fraction of sp³-hybridized carbons (Fsp3) is 0.121. The van der Waals surface area contributed by atoms with Crippen LogP contribution in [0.3, 0.4) is 0 Å². The molecule has 39 heavy (non-hydrogen) atoms. The maximum atomic E-state index is 12.3. The van der Waals surface area contributed by atoms with Crippen LogP contribution in [0.5, 0.6) is 5.75 Å². The van der Waals surface area contributed by atoms with Crippen molar-refractivity contribution in [1.82, 2.24) is 0 Å². The molecule has 194 valence electrons. The first-order valence-corrected chi connectivity index (χ1v) is 14.3. The summed E-state index contributed by atoms with van der Waals surface area (Å²) in [6.07, 6.45) is 1.69. The van der Waals surface area contributed by atoms with E-state index in [1.54, 1.807) is 6.07 Å². The minimum atomic E-state index is -4.49. The van der Waals surface area contributed by atoms with Crippen LogP contribution in [0.15, 0.2) is 114 Å². The number of benzene rings is 4. The lowest BCUT2D eigenvalue weighted by Gasteiger charge is -2.23. The van der Waals surface area contributed by atoms with Crippen LogP contribution in [0.1, 0.15) is 16.7 Å². The Kier molecular flexibility index (Phi) is 6.51. The van der Waals surface area contributed by atoms with E-state index in [2.05, 4.69) is 71.3 Å². The number of fused-ring (bicyclic) bond motifs is 3. The predicted octanol–water partition coefficient (Wildman–Crippen LogP) is 6.38. The van der Waals surface area contributed by atoms with Crippen LogP contribution in [-0.4, -0.2) is 20.1 Å².